The van der Waals surface area contributed by atoms with Crippen LogP contribution in [-0.2, 0) is 9.59 Å². The largest absolute Gasteiger partial charge is 0.295 e. The molecule has 6 heteroatoms. The number of carbonyl (C=O) groups is 2. The van der Waals surface area contributed by atoms with Crippen LogP contribution in [0.4, 0.5) is 11.4 Å². The molecule has 2 heterocycles. The minimum atomic E-state index is -0.0367. The summed E-state index contributed by atoms with van der Waals surface area (Å²) in [6.45, 7) is 4.10. The van der Waals surface area contributed by atoms with Gasteiger partial charge >= 0.3 is 0 Å². The van der Waals surface area contributed by atoms with Crippen molar-refractivity contribution in [2.24, 2.45) is 0 Å². The van der Waals surface area contributed by atoms with Crippen molar-refractivity contribution in [2.45, 2.75) is 24.6 Å². The van der Waals surface area contributed by atoms with Crippen LogP contribution in [0.1, 0.15) is 33.0 Å². The number of hydrogen-bond acceptors (Lipinski definition) is 4. The molecular weight excluding hydrogens is 436 g/mol. The molecule has 4 nitrogen and oxygen atoms in total. The first-order chi connectivity index (χ1) is 15.5. The number of hydrogen-bond donors (Lipinski definition) is 0. The van der Waals surface area contributed by atoms with Gasteiger partial charge in [0.05, 0.1) is 11.5 Å². The maximum Gasteiger partial charge on any atom is 0.238 e. The van der Waals surface area contributed by atoms with E-state index in [1.165, 1.54) is 11.1 Å². The van der Waals surface area contributed by atoms with E-state index < -0.39 is 0 Å². The molecule has 0 bridgehead atoms. The third-order valence-electron chi connectivity index (χ3n) is 5.87. The second-order valence-corrected chi connectivity index (χ2v) is 10.3. The topological polar surface area (TPSA) is 40.6 Å². The van der Waals surface area contributed by atoms with E-state index in [0.29, 0.717) is 11.5 Å². The summed E-state index contributed by atoms with van der Waals surface area (Å²) in [4.78, 5) is 29.1. The summed E-state index contributed by atoms with van der Waals surface area (Å²) in [6.07, 6.45) is 0. The number of amides is 2. The van der Waals surface area contributed by atoms with Crippen molar-refractivity contribution in [3.05, 3.63) is 95.1 Å². The molecule has 0 aliphatic carbocycles. The summed E-state index contributed by atoms with van der Waals surface area (Å²) in [5.41, 5.74) is 6.42. The van der Waals surface area contributed by atoms with Crippen molar-refractivity contribution in [1.29, 1.82) is 0 Å². The van der Waals surface area contributed by atoms with Gasteiger partial charge in [-0.15, -0.1) is 23.5 Å². The zero-order valence-electron chi connectivity index (χ0n) is 18.0. The van der Waals surface area contributed by atoms with Gasteiger partial charge in [-0.05, 0) is 49.2 Å². The van der Waals surface area contributed by atoms with Crippen LogP contribution in [-0.4, -0.2) is 23.3 Å². The zero-order valence-corrected chi connectivity index (χ0v) is 19.7. The predicted molar refractivity (Wildman–Crippen MR) is 134 cm³/mol. The highest BCUT2D eigenvalue weighted by atomic mass is 32.2. The van der Waals surface area contributed by atoms with Crippen LogP contribution in [0.15, 0.2) is 72.8 Å². The molecule has 0 N–H and O–H groups in total. The van der Waals surface area contributed by atoms with E-state index in [-0.39, 0.29) is 22.6 Å². The SMILES string of the molecule is Cc1ccc(N2C(=O)CSC2c2ccc(C3SCC(=O)N3c3ccc(C)cc3)cc2)cc1. The van der Waals surface area contributed by atoms with Gasteiger partial charge in [0.1, 0.15) is 10.7 Å². The standard InChI is InChI=1S/C26H24N2O2S2/c1-17-3-11-21(12-4-17)27-23(29)15-31-25(27)19-7-9-20(10-8-19)26-28(24(30)16-32-26)22-13-5-18(2)6-14-22/h3-14,25-26H,15-16H2,1-2H3. The van der Waals surface area contributed by atoms with E-state index in [2.05, 4.69) is 24.3 Å². The van der Waals surface area contributed by atoms with Crippen LogP contribution in [0.2, 0.25) is 0 Å². The lowest BCUT2D eigenvalue weighted by molar-refractivity contribution is -0.116. The highest BCUT2D eigenvalue weighted by Gasteiger charge is 2.36. The molecule has 32 heavy (non-hydrogen) atoms. The van der Waals surface area contributed by atoms with Gasteiger partial charge in [0.15, 0.2) is 0 Å². The number of anilines is 2. The molecule has 2 fully saturated rings. The van der Waals surface area contributed by atoms with Gasteiger partial charge in [-0.2, -0.15) is 0 Å². The molecule has 3 aromatic rings. The fourth-order valence-electron chi connectivity index (χ4n) is 4.14. The zero-order chi connectivity index (χ0) is 22.2. The Bertz CT molecular complexity index is 1050. The van der Waals surface area contributed by atoms with Crippen LogP contribution in [0, 0.1) is 13.8 Å². The molecule has 3 aromatic carbocycles. The van der Waals surface area contributed by atoms with E-state index in [1.807, 2.05) is 72.2 Å². The minimum Gasteiger partial charge on any atom is -0.295 e. The third kappa shape index (κ3) is 3.93. The van der Waals surface area contributed by atoms with Crippen LogP contribution in [0.5, 0.6) is 0 Å². The summed E-state index contributed by atoms with van der Waals surface area (Å²) in [5.74, 6) is 1.23. The quantitative estimate of drug-likeness (QED) is 0.489. The van der Waals surface area contributed by atoms with E-state index in [4.69, 9.17) is 0 Å². The van der Waals surface area contributed by atoms with E-state index in [9.17, 15) is 9.59 Å². The Morgan fingerprint density at radius 1 is 0.594 bits per heavy atom. The normalized spacial score (nSPS) is 20.9. The number of carbonyl (C=O) groups excluding carboxylic acids is 2. The number of thioether (sulfide) groups is 2. The Morgan fingerprint density at radius 3 is 1.28 bits per heavy atom. The van der Waals surface area contributed by atoms with Crippen molar-refractivity contribution in [2.75, 3.05) is 21.3 Å². The van der Waals surface area contributed by atoms with E-state index in [1.54, 1.807) is 23.5 Å². The lowest BCUT2D eigenvalue weighted by Crippen LogP contribution is -2.28. The van der Waals surface area contributed by atoms with Crippen molar-refractivity contribution in [3.8, 4) is 0 Å². The predicted octanol–water partition coefficient (Wildman–Crippen LogP) is 5.86. The number of aryl methyl sites for hydroxylation is 2. The number of nitrogens with zero attached hydrogens (tertiary/aromatic N) is 2. The summed E-state index contributed by atoms with van der Waals surface area (Å²) >= 11 is 3.31. The van der Waals surface area contributed by atoms with Gasteiger partial charge in [0, 0.05) is 11.4 Å². The van der Waals surface area contributed by atoms with Crippen LogP contribution in [0.25, 0.3) is 0 Å². The van der Waals surface area contributed by atoms with Gasteiger partial charge < -0.3 is 0 Å². The maximum absolute atomic E-state index is 12.6. The summed E-state index contributed by atoms with van der Waals surface area (Å²) in [5, 5.41) is -0.0735. The Balaban J connectivity index is 1.41. The monoisotopic (exact) mass is 460 g/mol. The highest BCUT2D eigenvalue weighted by Crippen LogP contribution is 2.44. The smallest absolute Gasteiger partial charge is 0.238 e. The lowest BCUT2D eigenvalue weighted by Gasteiger charge is -2.26. The molecule has 162 valence electrons. The molecular formula is C26H24N2O2S2. The molecule has 2 saturated heterocycles. The first-order valence-electron chi connectivity index (χ1n) is 10.6. The van der Waals surface area contributed by atoms with Gasteiger partial charge in [-0.3, -0.25) is 19.4 Å². The second kappa shape index (κ2) is 8.68. The average Bonchev–Trinajstić information content (AvgIpc) is 3.38. The van der Waals surface area contributed by atoms with Crippen LogP contribution >= 0.6 is 23.5 Å². The van der Waals surface area contributed by atoms with Gasteiger partial charge in [-0.25, -0.2) is 0 Å². The van der Waals surface area contributed by atoms with Gasteiger partial charge in [0.25, 0.3) is 0 Å². The fourth-order valence-corrected chi connectivity index (χ4v) is 6.49. The molecule has 2 aliphatic rings. The molecule has 0 saturated carbocycles. The first kappa shape index (κ1) is 21.2. The first-order valence-corrected chi connectivity index (χ1v) is 12.7. The molecule has 2 amide bonds. The van der Waals surface area contributed by atoms with Gasteiger partial charge in [-0.1, -0.05) is 59.7 Å². The molecule has 0 aromatic heterocycles. The van der Waals surface area contributed by atoms with Crippen molar-refractivity contribution in [3.63, 3.8) is 0 Å². The molecule has 2 atom stereocenters. The summed E-state index contributed by atoms with van der Waals surface area (Å²) in [6, 6.07) is 24.6. The minimum absolute atomic E-state index is 0.0367. The van der Waals surface area contributed by atoms with Crippen LogP contribution < -0.4 is 9.80 Å². The van der Waals surface area contributed by atoms with Gasteiger partial charge in [0.2, 0.25) is 11.8 Å². The van der Waals surface area contributed by atoms with Crippen molar-refractivity contribution in [1.82, 2.24) is 0 Å². The Labute approximate surface area is 197 Å². The average molecular weight is 461 g/mol. The van der Waals surface area contributed by atoms with Crippen LogP contribution in [0.3, 0.4) is 0 Å². The van der Waals surface area contributed by atoms with Crippen molar-refractivity contribution < 1.29 is 9.59 Å². The van der Waals surface area contributed by atoms with E-state index in [0.717, 1.165) is 22.5 Å². The van der Waals surface area contributed by atoms with E-state index >= 15 is 0 Å². The molecule has 5 rings (SSSR count). The number of benzene rings is 3. The molecule has 2 unspecified atom stereocenters. The molecule has 0 radical (unpaired) electrons. The Hall–Kier alpha value is -2.70. The summed E-state index contributed by atoms with van der Waals surface area (Å²) in [7, 11) is 0. The molecule has 0 spiro atoms. The fraction of sp³-hybridized carbons (Fsp3) is 0.231. The summed E-state index contributed by atoms with van der Waals surface area (Å²) < 4.78 is 0. The second-order valence-electron chi connectivity index (χ2n) is 8.19. The maximum atomic E-state index is 12.6. The van der Waals surface area contributed by atoms with Crippen molar-refractivity contribution >= 4 is 46.7 Å². The number of rotatable bonds is 4. The Morgan fingerprint density at radius 2 is 0.938 bits per heavy atom. The molecule has 2 aliphatic heterocycles. The highest BCUT2D eigenvalue weighted by molar-refractivity contribution is 8.01. The third-order valence-corrected chi connectivity index (χ3v) is 8.29. The Kier molecular flexibility index (Phi) is 5.74. The lowest BCUT2D eigenvalue weighted by atomic mass is 10.1.